The fourth-order valence-corrected chi connectivity index (χ4v) is 2.22. The number of hydrogen-bond acceptors (Lipinski definition) is 4. The van der Waals surface area contributed by atoms with Crippen molar-refractivity contribution in [1.29, 1.82) is 0 Å². The Balaban J connectivity index is 2.08. The summed E-state index contributed by atoms with van der Waals surface area (Å²) in [6.07, 6.45) is 5.97. The number of fused-ring (bicyclic) bond motifs is 2. The molecule has 0 bridgehead atoms. The molecular formula is C11H9N3O3. The Kier molecular flexibility index (Phi) is 1.98. The van der Waals surface area contributed by atoms with Gasteiger partial charge in [0.05, 0.1) is 11.6 Å². The third kappa shape index (κ3) is 1.41. The van der Waals surface area contributed by atoms with E-state index >= 15 is 0 Å². The second-order valence-corrected chi connectivity index (χ2v) is 4.08. The summed E-state index contributed by atoms with van der Waals surface area (Å²) in [7, 11) is 0. The first kappa shape index (κ1) is 9.95. The van der Waals surface area contributed by atoms with Crippen molar-refractivity contribution in [1.82, 2.24) is 10.6 Å². The Hall–Kier alpha value is -2.24. The lowest BCUT2D eigenvalue weighted by atomic mass is 9.81. The summed E-state index contributed by atoms with van der Waals surface area (Å²) < 4.78 is 0. The van der Waals surface area contributed by atoms with E-state index < -0.39 is 17.9 Å². The van der Waals surface area contributed by atoms with Crippen LogP contribution in [0.2, 0.25) is 0 Å². The first-order valence-corrected chi connectivity index (χ1v) is 5.27. The third-order valence-corrected chi connectivity index (χ3v) is 3.02. The van der Waals surface area contributed by atoms with Crippen LogP contribution < -0.4 is 10.6 Å². The molecule has 6 nitrogen and oxygen atoms in total. The van der Waals surface area contributed by atoms with Crippen LogP contribution in [0.5, 0.6) is 0 Å². The molecule has 3 rings (SSSR count). The van der Waals surface area contributed by atoms with Gasteiger partial charge >= 0.3 is 6.03 Å². The maximum Gasteiger partial charge on any atom is 0.326 e. The molecule has 2 aliphatic heterocycles. The van der Waals surface area contributed by atoms with Crippen molar-refractivity contribution >= 4 is 23.6 Å². The number of ketones is 1. The van der Waals surface area contributed by atoms with Gasteiger partial charge in [0.25, 0.3) is 0 Å². The van der Waals surface area contributed by atoms with Crippen LogP contribution in [0, 0.1) is 11.8 Å². The van der Waals surface area contributed by atoms with E-state index in [-0.39, 0.29) is 17.5 Å². The lowest BCUT2D eigenvalue weighted by Gasteiger charge is -2.31. The van der Waals surface area contributed by atoms with Crippen molar-refractivity contribution in [3.05, 3.63) is 23.9 Å². The van der Waals surface area contributed by atoms with Crippen LogP contribution >= 0.6 is 0 Å². The standard InChI is InChI=1S/C11H9N3O3/c15-8-5-3-1-2-4-6(5)12-9-7(8)10(16)14-11(17)13-9/h1-2,4-5,7H,3H2,(H2,12,13,14,16,17). The van der Waals surface area contributed by atoms with Gasteiger partial charge in [-0.15, -0.1) is 0 Å². The highest BCUT2D eigenvalue weighted by Gasteiger charge is 2.45. The Morgan fingerprint density at radius 1 is 1.24 bits per heavy atom. The largest absolute Gasteiger partial charge is 0.326 e. The number of carbonyl (C=O) groups is 3. The van der Waals surface area contributed by atoms with E-state index in [1.54, 1.807) is 6.08 Å². The lowest BCUT2D eigenvalue weighted by Crippen LogP contribution is -2.60. The molecule has 0 aromatic carbocycles. The van der Waals surface area contributed by atoms with Gasteiger partial charge in [-0.05, 0) is 12.5 Å². The Morgan fingerprint density at radius 2 is 2.06 bits per heavy atom. The number of nitrogens with one attached hydrogen (secondary N) is 2. The predicted molar refractivity (Wildman–Crippen MR) is 57.9 cm³/mol. The molecule has 1 aliphatic carbocycles. The molecule has 0 saturated carbocycles. The van der Waals surface area contributed by atoms with E-state index in [1.165, 1.54) is 0 Å². The predicted octanol–water partition coefficient (Wildman–Crippen LogP) is -0.117. The summed E-state index contributed by atoms with van der Waals surface area (Å²) in [5.74, 6) is -1.99. The van der Waals surface area contributed by atoms with Crippen LogP contribution in [0.1, 0.15) is 6.42 Å². The van der Waals surface area contributed by atoms with Gasteiger partial charge in [-0.2, -0.15) is 0 Å². The first-order chi connectivity index (χ1) is 8.16. The second kappa shape index (κ2) is 3.38. The molecule has 17 heavy (non-hydrogen) atoms. The molecule has 3 aliphatic rings. The van der Waals surface area contributed by atoms with E-state index in [9.17, 15) is 14.4 Å². The van der Waals surface area contributed by atoms with Gasteiger partial charge in [0.2, 0.25) is 5.91 Å². The minimum Gasteiger partial charge on any atom is -0.298 e. The van der Waals surface area contributed by atoms with Crippen molar-refractivity contribution in [3.63, 3.8) is 0 Å². The highest BCUT2D eigenvalue weighted by Crippen LogP contribution is 2.31. The van der Waals surface area contributed by atoms with Crippen molar-refractivity contribution in [3.8, 4) is 0 Å². The van der Waals surface area contributed by atoms with Gasteiger partial charge in [-0.3, -0.25) is 20.2 Å². The van der Waals surface area contributed by atoms with Gasteiger partial charge in [0.1, 0.15) is 5.84 Å². The van der Waals surface area contributed by atoms with E-state index in [2.05, 4.69) is 15.6 Å². The number of nitrogens with zero attached hydrogens (tertiary/aromatic N) is 1. The Labute approximate surface area is 96.5 Å². The van der Waals surface area contributed by atoms with Crippen LogP contribution in [0.15, 0.2) is 28.9 Å². The molecule has 2 N–H and O–H groups in total. The molecular weight excluding hydrogens is 222 g/mol. The van der Waals surface area contributed by atoms with Gasteiger partial charge in [0, 0.05) is 0 Å². The molecule has 0 aromatic rings. The van der Waals surface area contributed by atoms with E-state index in [0.717, 1.165) is 0 Å². The number of urea groups is 1. The molecule has 3 amide bonds. The van der Waals surface area contributed by atoms with Gasteiger partial charge in [-0.1, -0.05) is 12.2 Å². The Bertz CT molecular complexity index is 530. The molecule has 2 atom stereocenters. The molecule has 6 heteroatoms. The quantitative estimate of drug-likeness (QED) is 0.570. The normalized spacial score (nSPS) is 30.7. The van der Waals surface area contributed by atoms with E-state index in [1.807, 2.05) is 12.2 Å². The fraction of sp³-hybridized carbons (Fsp3) is 0.273. The summed E-state index contributed by atoms with van der Waals surface area (Å²) in [6.45, 7) is 0. The lowest BCUT2D eigenvalue weighted by molar-refractivity contribution is -0.132. The number of amidine groups is 1. The zero-order valence-corrected chi connectivity index (χ0v) is 8.77. The number of imide groups is 1. The van der Waals surface area contributed by atoms with Crippen LogP contribution in [0.4, 0.5) is 4.79 Å². The summed E-state index contributed by atoms with van der Waals surface area (Å²) in [5.41, 5.74) is 0.610. The number of allylic oxidation sites excluding steroid dienone is 4. The number of rotatable bonds is 0. The zero-order valence-electron chi connectivity index (χ0n) is 8.77. The minimum atomic E-state index is -0.971. The van der Waals surface area contributed by atoms with Crippen LogP contribution in [-0.4, -0.2) is 23.6 Å². The van der Waals surface area contributed by atoms with Gasteiger partial charge < -0.3 is 0 Å². The smallest absolute Gasteiger partial charge is 0.298 e. The van der Waals surface area contributed by atoms with Crippen molar-refractivity contribution < 1.29 is 14.4 Å². The summed E-state index contributed by atoms with van der Waals surface area (Å²) in [4.78, 5) is 39.1. The first-order valence-electron chi connectivity index (χ1n) is 5.27. The molecule has 0 radical (unpaired) electrons. The molecule has 0 spiro atoms. The summed E-state index contributed by atoms with van der Waals surface area (Å²) in [5, 5.41) is 4.48. The van der Waals surface area contributed by atoms with Crippen LogP contribution in [0.3, 0.4) is 0 Å². The SMILES string of the molecule is O=C1NC(=O)C2C(=O)C3CC=CC=C3N=C2N1. The van der Waals surface area contributed by atoms with Crippen molar-refractivity contribution in [2.45, 2.75) is 6.42 Å². The maximum absolute atomic E-state index is 12.1. The van der Waals surface area contributed by atoms with Crippen molar-refractivity contribution in [2.24, 2.45) is 16.8 Å². The zero-order chi connectivity index (χ0) is 12.0. The molecule has 86 valence electrons. The summed E-state index contributed by atoms with van der Waals surface area (Å²) >= 11 is 0. The third-order valence-electron chi connectivity index (χ3n) is 3.02. The number of hydrogen-bond donors (Lipinski definition) is 2. The average Bonchev–Trinajstić information content (AvgIpc) is 2.28. The topological polar surface area (TPSA) is 87.6 Å². The number of aliphatic imine (C=N–C) groups is 1. The summed E-state index contributed by atoms with van der Waals surface area (Å²) in [6, 6.07) is -0.636. The van der Waals surface area contributed by atoms with Gasteiger partial charge in [0.15, 0.2) is 11.7 Å². The highest BCUT2D eigenvalue weighted by atomic mass is 16.2. The number of amides is 3. The molecule has 0 aromatic heterocycles. The average molecular weight is 231 g/mol. The molecule has 1 fully saturated rings. The molecule has 2 unspecified atom stereocenters. The van der Waals surface area contributed by atoms with Gasteiger partial charge in [-0.25, -0.2) is 9.79 Å². The monoisotopic (exact) mass is 231 g/mol. The fourth-order valence-electron chi connectivity index (χ4n) is 2.22. The highest BCUT2D eigenvalue weighted by molar-refractivity contribution is 6.29. The number of Topliss-reactive ketones (excluding diaryl/α,β-unsaturated/α-hetero) is 1. The van der Waals surface area contributed by atoms with E-state index in [4.69, 9.17) is 0 Å². The van der Waals surface area contributed by atoms with Crippen LogP contribution in [0.25, 0.3) is 0 Å². The second-order valence-electron chi connectivity index (χ2n) is 4.08. The maximum atomic E-state index is 12.1. The van der Waals surface area contributed by atoms with Crippen LogP contribution in [-0.2, 0) is 9.59 Å². The number of carbonyl (C=O) groups excluding carboxylic acids is 3. The minimum absolute atomic E-state index is 0.140. The molecule has 1 saturated heterocycles. The van der Waals surface area contributed by atoms with E-state index in [0.29, 0.717) is 12.1 Å². The molecule has 2 heterocycles. The Morgan fingerprint density at radius 3 is 2.88 bits per heavy atom. The van der Waals surface area contributed by atoms with Crippen molar-refractivity contribution in [2.75, 3.05) is 0 Å².